The van der Waals surface area contributed by atoms with Gasteiger partial charge in [-0.2, -0.15) is 10.2 Å². The Hall–Kier alpha value is -2.21. The molecule has 3 heterocycles. The molecule has 0 atom stereocenters. The monoisotopic (exact) mass is 270 g/mol. The second-order valence-corrected chi connectivity index (χ2v) is 5.05. The normalized spacial score (nSPS) is 11.3. The number of aryl methyl sites for hydroxylation is 3. The number of H-pyrrole nitrogens is 1. The number of fused-ring (bicyclic) bond motifs is 1. The molecule has 20 heavy (non-hydrogen) atoms. The number of hydrogen-bond acceptors (Lipinski definition) is 4. The molecule has 0 saturated carbocycles. The van der Waals surface area contributed by atoms with Gasteiger partial charge < -0.3 is 5.32 Å². The first-order valence-electron chi connectivity index (χ1n) is 6.63. The van der Waals surface area contributed by atoms with Crippen molar-refractivity contribution in [1.29, 1.82) is 0 Å². The van der Waals surface area contributed by atoms with Crippen LogP contribution in [0.3, 0.4) is 0 Å². The third-order valence-corrected chi connectivity index (χ3v) is 3.50. The molecule has 3 aromatic heterocycles. The molecule has 3 aromatic rings. The molecule has 3 rings (SSSR count). The fraction of sp³-hybridized carbons (Fsp3) is 0.357. The zero-order valence-electron chi connectivity index (χ0n) is 11.9. The summed E-state index contributed by atoms with van der Waals surface area (Å²) >= 11 is 0. The third kappa shape index (κ3) is 2.30. The SMILES string of the molecule is Cc1[nH]ncc1CNCc1cnc2c(c1)c(C)nn2C. The predicted molar refractivity (Wildman–Crippen MR) is 77.1 cm³/mol. The highest BCUT2D eigenvalue weighted by Crippen LogP contribution is 2.16. The van der Waals surface area contributed by atoms with Crippen LogP contribution in [0.1, 0.15) is 22.5 Å². The molecule has 0 radical (unpaired) electrons. The molecule has 0 amide bonds. The molecule has 0 aliphatic heterocycles. The lowest BCUT2D eigenvalue weighted by Gasteiger charge is -2.04. The van der Waals surface area contributed by atoms with E-state index in [0.29, 0.717) is 0 Å². The van der Waals surface area contributed by atoms with Crippen LogP contribution < -0.4 is 5.32 Å². The predicted octanol–water partition coefficient (Wildman–Crippen LogP) is 1.60. The van der Waals surface area contributed by atoms with Gasteiger partial charge in [-0.1, -0.05) is 0 Å². The molecule has 0 aliphatic rings. The summed E-state index contributed by atoms with van der Waals surface area (Å²) in [6.45, 7) is 5.61. The highest BCUT2D eigenvalue weighted by molar-refractivity contribution is 5.78. The maximum Gasteiger partial charge on any atom is 0.157 e. The van der Waals surface area contributed by atoms with Crippen molar-refractivity contribution in [3.8, 4) is 0 Å². The Morgan fingerprint density at radius 1 is 1.25 bits per heavy atom. The Balaban J connectivity index is 1.72. The zero-order chi connectivity index (χ0) is 14.1. The van der Waals surface area contributed by atoms with E-state index in [9.17, 15) is 0 Å². The van der Waals surface area contributed by atoms with Crippen LogP contribution in [0.5, 0.6) is 0 Å². The number of nitrogens with one attached hydrogen (secondary N) is 2. The molecule has 0 spiro atoms. The maximum atomic E-state index is 4.48. The number of aromatic nitrogens is 5. The summed E-state index contributed by atoms with van der Waals surface area (Å²) in [7, 11) is 1.92. The molecule has 0 aromatic carbocycles. The van der Waals surface area contributed by atoms with E-state index in [2.05, 4.69) is 31.7 Å². The van der Waals surface area contributed by atoms with E-state index in [1.165, 1.54) is 5.56 Å². The number of aromatic amines is 1. The van der Waals surface area contributed by atoms with Gasteiger partial charge in [0.25, 0.3) is 0 Å². The summed E-state index contributed by atoms with van der Waals surface area (Å²) in [5, 5.41) is 15.9. The highest BCUT2D eigenvalue weighted by Gasteiger charge is 2.07. The Kier molecular flexibility index (Phi) is 3.23. The molecule has 104 valence electrons. The van der Waals surface area contributed by atoms with Gasteiger partial charge in [-0.3, -0.25) is 9.78 Å². The summed E-state index contributed by atoms with van der Waals surface area (Å²) in [6, 6.07) is 2.15. The van der Waals surface area contributed by atoms with Gasteiger partial charge >= 0.3 is 0 Å². The highest BCUT2D eigenvalue weighted by atomic mass is 15.3. The van der Waals surface area contributed by atoms with Crippen molar-refractivity contribution in [3.63, 3.8) is 0 Å². The van der Waals surface area contributed by atoms with Crippen LogP contribution in [0.25, 0.3) is 11.0 Å². The Labute approximate surface area is 117 Å². The van der Waals surface area contributed by atoms with Gasteiger partial charge in [0.15, 0.2) is 5.65 Å². The van der Waals surface area contributed by atoms with Crippen molar-refractivity contribution in [2.45, 2.75) is 26.9 Å². The summed E-state index contributed by atoms with van der Waals surface area (Å²) in [4.78, 5) is 4.48. The lowest BCUT2D eigenvalue weighted by Crippen LogP contribution is -2.13. The summed E-state index contributed by atoms with van der Waals surface area (Å²) in [6.07, 6.45) is 3.76. The molecule has 0 aliphatic carbocycles. The van der Waals surface area contributed by atoms with Crippen LogP contribution in [-0.4, -0.2) is 25.0 Å². The Bertz CT molecular complexity index is 739. The van der Waals surface area contributed by atoms with E-state index in [1.807, 2.05) is 38.0 Å². The lowest BCUT2D eigenvalue weighted by atomic mass is 10.2. The van der Waals surface area contributed by atoms with E-state index in [4.69, 9.17) is 0 Å². The standard InChI is InChI=1S/C14H18N6/c1-9-12(8-17-18-9)7-15-5-11-4-13-10(2)19-20(3)14(13)16-6-11/h4,6,8,15H,5,7H2,1-3H3,(H,17,18). The van der Waals surface area contributed by atoms with Crippen molar-refractivity contribution in [1.82, 2.24) is 30.3 Å². The Morgan fingerprint density at radius 3 is 2.85 bits per heavy atom. The molecule has 6 heteroatoms. The fourth-order valence-electron chi connectivity index (χ4n) is 2.34. The van der Waals surface area contributed by atoms with Gasteiger partial charge in [-0.15, -0.1) is 0 Å². The minimum Gasteiger partial charge on any atom is -0.308 e. The third-order valence-electron chi connectivity index (χ3n) is 3.50. The van der Waals surface area contributed by atoms with Crippen LogP contribution in [0.2, 0.25) is 0 Å². The van der Waals surface area contributed by atoms with Gasteiger partial charge in [0, 0.05) is 43.0 Å². The van der Waals surface area contributed by atoms with Gasteiger partial charge in [0.05, 0.1) is 11.9 Å². The molecule has 0 saturated heterocycles. The average molecular weight is 270 g/mol. The minimum absolute atomic E-state index is 0.780. The Morgan fingerprint density at radius 2 is 2.10 bits per heavy atom. The largest absolute Gasteiger partial charge is 0.308 e. The molecule has 6 nitrogen and oxygen atoms in total. The van der Waals surface area contributed by atoms with Gasteiger partial charge in [-0.05, 0) is 25.5 Å². The van der Waals surface area contributed by atoms with Crippen molar-refractivity contribution in [3.05, 3.63) is 41.0 Å². The first-order valence-corrected chi connectivity index (χ1v) is 6.63. The van der Waals surface area contributed by atoms with Crippen LogP contribution in [0.15, 0.2) is 18.5 Å². The first-order chi connectivity index (χ1) is 9.65. The topological polar surface area (TPSA) is 71.4 Å². The maximum absolute atomic E-state index is 4.48. The zero-order valence-corrected chi connectivity index (χ0v) is 11.9. The van der Waals surface area contributed by atoms with E-state index in [0.717, 1.165) is 41.1 Å². The van der Waals surface area contributed by atoms with Gasteiger partial charge in [-0.25, -0.2) is 4.98 Å². The molecule has 0 unspecified atom stereocenters. The van der Waals surface area contributed by atoms with Crippen LogP contribution >= 0.6 is 0 Å². The minimum atomic E-state index is 0.780. The van der Waals surface area contributed by atoms with Crippen molar-refractivity contribution in [2.24, 2.45) is 7.05 Å². The molecular formula is C14H18N6. The molecule has 0 fully saturated rings. The van der Waals surface area contributed by atoms with E-state index >= 15 is 0 Å². The number of rotatable bonds is 4. The number of hydrogen-bond donors (Lipinski definition) is 2. The lowest BCUT2D eigenvalue weighted by molar-refractivity contribution is 0.689. The van der Waals surface area contributed by atoms with Crippen molar-refractivity contribution < 1.29 is 0 Å². The molecule has 0 bridgehead atoms. The average Bonchev–Trinajstić information content (AvgIpc) is 2.95. The van der Waals surface area contributed by atoms with Gasteiger partial charge in [0.1, 0.15) is 0 Å². The van der Waals surface area contributed by atoms with Crippen LogP contribution in [0.4, 0.5) is 0 Å². The summed E-state index contributed by atoms with van der Waals surface area (Å²) in [5.41, 5.74) is 5.40. The second kappa shape index (κ2) is 5.05. The molecular weight excluding hydrogens is 252 g/mol. The smallest absolute Gasteiger partial charge is 0.157 e. The number of pyridine rings is 1. The van der Waals surface area contributed by atoms with E-state index in [-0.39, 0.29) is 0 Å². The summed E-state index contributed by atoms with van der Waals surface area (Å²) < 4.78 is 1.82. The van der Waals surface area contributed by atoms with E-state index < -0.39 is 0 Å². The van der Waals surface area contributed by atoms with Crippen molar-refractivity contribution in [2.75, 3.05) is 0 Å². The fourth-order valence-corrected chi connectivity index (χ4v) is 2.34. The summed E-state index contributed by atoms with van der Waals surface area (Å²) in [5.74, 6) is 0. The molecule has 2 N–H and O–H groups in total. The van der Waals surface area contributed by atoms with Crippen LogP contribution in [0, 0.1) is 13.8 Å². The second-order valence-electron chi connectivity index (χ2n) is 5.05. The first kappa shape index (κ1) is 12.8. The van der Waals surface area contributed by atoms with Gasteiger partial charge in [0.2, 0.25) is 0 Å². The quantitative estimate of drug-likeness (QED) is 0.755. The van der Waals surface area contributed by atoms with E-state index in [1.54, 1.807) is 0 Å². The van der Waals surface area contributed by atoms with Crippen molar-refractivity contribution >= 4 is 11.0 Å². The number of nitrogens with zero attached hydrogens (tertiary/aromatic N) is 4. The van der Waals surface area contributed by atoms with Crippen LogP contribution in [-0.2, 0) is 20.1 Å².